The molecule has 1 atom stereocenters. The van der Waals surface area contributed by atoms with Crippen LogP contribution in [0.2, 0.25) is 0 Å². The number of hydrogen-bond donors (Lipinski definition) is 1. The molecule has 0 radical (unpaired) electrons. The summed E-state index contributed by atoms with van der Waals surface area (Å²) >= 11 is 0. The molecular weight excluding hydrogens is 446 g/mol. The van der Waals surface area contributed by atoms with Crippen LogP contribution in [0.25, 0.3) is 5.76 Å². The Morgan fingerprint density at radius 2 is 1.76 bits per heavy atom. The van der Waals surface area contributed by atoms with E-state index >= 15 is 0 Å². The quantitative estimate of drug-likeness (QED) is 0.329. The number of aliphatic hydroxyl groups is 1. The number of halogens is 2. The Hall–Kier alpha value is -4.27. The first-order valence-corrected chi connectivity index (χ1v) is 10.3. The molecule has 0 aliphatic carbocycles. The molecule has 1 aromatic heterocycles. The van der Waals surface area contributed by atoms with Gasteiger partial charge in [-0.15, -0.1) is 0 Å². The molecule has 1 amide bonds. The number of anilines is 1. The maximum absolute atomic E-state index is 14.1. The van der Waals surface area contributed by atoms with Gasteiger partial charge in [-0.3, -0.25) is 19.5 Å². The van der Waals surface area contributed by atoms with Crippen LogP contribution in [0.1, 0.15) is 24.1 Å². The van der Waals surface area contributed by atoms with Gasteiger partial charge in [-0.2, -0.15) is 0 Å². The van der Waals surface area contributed by atoms with Gasteiger partial charge in [0.05, 0.1) is 25.3 Å². The minimum atomic E-state index is -1.18. The Balaban J connectivity index is 1.97. The lowest BCUT2D eigenvalue weighted by molar-refractivity contribution is -0.132. The van der Waals surface area contributed by atoms with E-state index in [0.29, 0.717) is 23.7 Å². The molecule has 0 bridgehead atoms. The molecular formula is C25H20F2N2O5. The minimum absolute atomic E-state index is 0.0476. The van der Waals surface area contributed by atoms with Crippen molar-refractivity contribution >= 4 is 23.1 Å². The van der Waals surface area contributed by atoms with Crippen molar-refractivity contribution in [2.45, 2.75) is 13.0 Å². The summed E-state index contributed by atoms with van der Waals surface area (Å²) in [4.78, 5) is 31.2. The van der Waals surface area contributed by atoms with Gasteiger partial charge in [0.2, 0.25) is 0 Å². The molecule has 2 aromatic carbocycles. The van der Waals surface area contributed by atoms with Gasteiger partial charge in [0.15, 0.2) is 23.1 Å². The summed E-state index contributed by atoms with van der Waals surface area (Å²) in [6, 6.07) is 9.47. The number of Topliss-reactive ketones (excluding diaryl/α,β-unsaturated/α-hetero) is 1. The molecule has 3 aromatic rings. The van der Waals surface area contributed by atoms with Gasteiger partial charge in [0, 0.05) is 29.7 Å². The van der Waals surface area contributed by atoms with Crippen LogP contribution in [0.4, 0.5) is 14.5 Å². The number of carbonyl (C=O) groups excluding carboxylic acids is 2. The number of ether oxygens (including phenoxy) is 2. The summed E-state index contributed by atoms with van der Waals surface area (Å²) in [6.07, 6.45) is 2.85. The number of rotatable bonds is 6. The van der Waals surface area contributed by atoms with Gasteiger partial charge in [-0.25, -0.2) is 8.78 Å². The van der Waals surface area contributed by atoms with Crippen LogP contribution >= 0.6 is 0 Å². The van der Waals surface area contributed by atoms with Gasteiger partial charge in [0.25, 0.3) is 11.7 Å². The predicted molar refractivity (Wildman–Crippen MR) is 120 cm³/mol. The van der Waals surface area contributed by atoms with Gasteiger partial charge in [0.1, 0.15) is 5.76 Å². The van der Waals surface area contributed by atoms with E-state index in [-0.39, 0.29) is 16.8 Å². The summed E-state index contributed by atoms with van der Waals surface area (Å²) in [6.45, 7) is 2.10. The number of carbonyl (C=O) groups is 2. The van der Waals surface area contributed by atoms with Gasteiger partial charge < -0.3 is 14.6 Å². The van der Waals surface area contributed by atoms with Crippen LogP contribution in [0.3, 0.4) is 0 Å². The molecule has 9 heteroatoms. The molecule has 1 aliphatic rings. The van der Waals surface area contributed by atoms with Crippen LogP contribution in [-0.4, -0.2) is 35.5 Å². The fourth-order valence-corrected chi connectivity index (χ4v) is 3.85. The minimum Gasteiger partial charge on any atom is -0.507 e. The lowest BCUT2D eigenvalue weighted by Gasteiger charge is -2.26. The van der Waals surface area contributed by atoms with Crippen LogP contribution in [0.5, 0.6) is 11.5 Å². The number of nitrogens with zero attached hydrogens (tertiary/aromatic N) is 2. The SMILES string of the molecule is CCOc1cc(C2/C(=C(\O)c3ccncc3)C(=O)C(=O)N2c2ccc(F)c(F)c2)ccc1OC. The highest BCUT2D eigenvalue weighted by molar-refractivity contribution is 6.51. The second-order valence-corrected chi connectivity index (χ2v) is 7.35. The Morgan fingerprint density at radius 3 is 2.41 bits per heavy atom. The van der Waals surface area contributed by atoms with Gasteiger partial charge in [-0.05, 0) is 48.9 Å². The second-order valence-electron chi connectivity index (χ2n) is 7.35. The maximum Gasteiger partial charge on any atom is 0.300 e. The van der Waals surface area contributed by atoms with Crippen LogP contribution in [0, 0.1) is 11.6 Å². The van der Waals surface area contributed by atoms with Crippen molar-refractivity contribution in [1.82, 2.24) is 4.98 Å². The number of aliphatic hydroxyl groups excluding tert-OH is 1. The average Bonchev–Trinajstić information content (AvgIpc) is 3.11. The Kier molecular flexibility index (Phi) is 6.27. The van der Waals surface area contributed by atoms with E-state index in [1.54, 1.807) is 25.1 Å². The third kappa shape index (κ3) is 3.96. The number of hydrogen-bond acceptors (Lipinski definition) is 6. The molecule has 1 fully saturated rings. The number of pyridine rings is 1. The van der Waals surface area contributed by atoms with E-state index in [1.165, 1.54) is 37.7 Å². The van der Waals surface area contributed by atoms with Crippen molar-refractivity contribution < 1.29 is 33.0 Å². The Bertz CT molecular complexity index is 1290. The summed E-state index contributed by atoms with van der Waals surface area (Å²) < 4.78 is 38.6. The lowest BCUT2D eigenvalue weighted by Crippen LogP contribution is -2.29. The van der Waals surface area contributed by atoms with Crippen molar-refractivity contribution in [3.63, 3.8) is 0 Å². The second kappa shape index (κ2) is 9.30. The van der Waals surface area contributed by atoms with Crippen molar-refractivity contribution in [2.75, 3.05) is 18.6 Å². The fraction of sp³-hybridized carbons (Fsp3) is 0.160. The molecule has 174 valence electrons. The van der Waals surface area contributed by atoms with Gasteiger partial charge >= 0.3 is 0 Å². The predicted octanol–water partition coefficient (Wildman–Crippen LogP) is 4.39. The number of methoxy groups -OCH3 is 1. The molecule has 1 saturated heterocycles. The van der Waals surface area contributed by atoms with Crippen molar-refractivity contribution in [1.29, 1.82) is 0 Å². The summed E-state index contributed by atoms with van der Waals surface area (Å²) in [5.74, 6) is -3.91. The topological polar surface area (TPSA) is 89.0 Å². The molecule has 34 heavy (non-hydrogen) atoms. The van der Waals surface area contributed by atoms with E-state index in [1.807, 2.05) is 0 Å². The zero-order chi connectivity index (χ0) is 24.4. The zero-order valence-corrected chi connectivity index (χ0v) is 18.3. The summed E-state index contributed by atoms with van der Waals surface area (Å²) in [7, 11) is 1.47. The third-order valence-electron chi connectivity index (χ3n) is 5.38. The van der Waals surface area contributed by atoms with Crippen molar-refractivity contribution in [2.24, 2.45) is 0 Å². The standard InChI is InChI=1S/C25H20F2N2O5/c1-3-34-20-12-15(4-7-19(20)33-2)22-21(23(30)14-8-10-28-11-9-14)24(31)25(32)29(22)16-5-6-17(26)18(27)13-16/h4-13,22,30H,3H2,1-2H3/b23-21+. The smallest absolute Gasteiger partial charge is 0.300 e. The first-order valence-electron chi connectivity index (χ1n) is 10.3. The Morgan fingerprint density at radius 1 is 1.03 bits per heavy atom. The summed E-state index contributed by atoms with van der Waals surface area (Å²) in [5.41, 5.74) is 0.396. The number of aromatic nitrogens is 1. The molecule has 1 unspecified atom stereocenters. The van der Waals surface area contributed by atoms with Crippen LogP contribution in [0.15, 0.2) is 66.5 Å². The summed E-state index contributed by atoms with van der Waals surface area (Å²) in [5, 5.41) is 11.0. The number of amides is 1. The van der Waals surface area contributed by atoms with E-state index in [9.17, 15) is 23.5 Å². The molecule has 4 rings (SSSR count). The lowest BCUT2D eigenvalue weighted by atomic mass is 9.95. The van der Waals surface area contributed by atoms with E-state index in [2.05, 4.69) is 4.98 Å². The molecule has 7 nitrogen and oxygen atoms in total. The first kappa shape index (κ1) is 22.9. The van der Waals surface area contributed by atoms with Crippen molar-refractivity contribution in [3.8, 4) is 11.5 Å². The molecule has 2 heterocycles. The maximum atomic E-state index is 14.1. The van der Waals surface area contributed by atoms with E-state index in [0.717, 1.165) is 17.0 Å². The van der Waals surface area contributed by atoms with Crippen LogP contribution < -0.4 is 14.4 Å². The molecule has 0 spiro atoms. The van der Waals surface area contributed by atoms with Crippen LogP contribution in [-0.2, 0) is 9.59 Å². The fourth-order valence-electron chi connectivity index (χ4n) is 3.85. The number of benzene rings is 2. The Labute approximate surface area is 193 Å². The van der Waals surface area contributed by atoms with E-state index < -0.39 is 35.1 Å². The van der Waals surface area contributed by atoms with Gasteiger partial charge in [-0.1, -0.05) is 6.07 Å². The third-order valence-corrected chi connectivity index (χ3v) is 5.38. The first-order chi connectivity index (χ1) is 16.4. The highest BCUT2D eigenvalue weighted by atomic mass is 19.2. The largest absolute Gasteiger partial charge is 0.507 e. The zero-order valence-electron chi connectivity index (χ0n) is 18.3. The highest BCUT2D eigenvalue weighted by Crippen LogP contribution is 2.44. The van der Waals surface area contributed by atoms with E-state index in [4.69, 9.17) is 9.47 Å². The highest BCUT2D eigenvalue weighted by Gasteiger charge is 2.47. The molecule has 1 aliphatic heterocycles. The van der Waals surface area contributed by atoms with Crippen molar-refractivity contribution in [3.05, 3.63) is 89.3 Å². The normalized spacial score (nSPS) is 17.2. The molecule has 0 saturated carbocycles. The monoisotopic (exact) mass is 466 g/mol. The average molecular weight is 466 g/mol. The number of ketones is 1. The molecule has 1 N–H and O–H groups in total.